The quantitative estimate of drug-likeness (QED) is 0.257. The first kappa shape index (κ1) is 25.0. The van der Waals surface area contributed by atoms with Gasteiger partial charge in [0, 0.05) is 47.7 Å². The van der Waals surface area contributed by atoms with Crippen molar-refractivity contribution in [3.8, 4) is 0 Å². The third-order valence-electron chi connectivity index (χ3n) is 6.80. The molecule has 7 heteroatoms. The number of fused-ring (bicyclic) bond motifs is 1. The molecule has 38 heavy (non-hydrogen) atoms. The normalized spacial score (nSPS) is 11.4. The Labute approximate surface area is 223 Å². The molecule has 0 aliphatic rings. The SMILES string of the molecule is Cc1ccc(C(C)(C)C)cc1N(C(=O)Nc1ccc(N(C)c2ccncc2)c2ccccc12)c1ccn[nH]1. The summed E-state index contributed by atoms with van der Waals surface area (Å²) in [4.78, 5) is 21.9. The van der Waals surface area contributed by atoms with Gasteiger partial charge in [0.2, 0.25) is 0 Å². The number of urea groups is 1. The van der Waals surface area contributed by atoms with Gasteiger partial charge in [-0.15, -0.1) is 0 Å². The van der Waals surface area contributed by atoms with Gasteiger partial charge in [-0.25, -0.2) is 9.69 Å². The van der Waals surface area contributed by atoms with Gasteiger partial charge < -0.3 is 10.2 Å². The zero-order chi connectivity index (χ0) is 26.9. The molecule has 0 saturated heterocycles. The Balaban J connectivity index is 1.55. The maximum Gasteiger partial charge on any atom is 0.332 e. The molecule has 2 aromatic heterocycles. The van der Waals surface area contributed by atoms with Crippen LogP contribution < -0.4 is 15.1 Å². The number of aromatic nitrogens is 3. The Bertz CT molecular complexity index is 1570. The summed E-state index contributed by atoms with van der Waals surface area (Å²) in [7, 11) is 2.03. The Morgan fingerprint density at radius 3 is 2.29 bits per heavy atom. The van der Waals surface area contributed by atoms with Crippen LogP contribution in [0, 0.1) is 6.92 Å². The summed E-state index contributed by atoms with van der Waals surface area (Å²) in [6.45, 7) is 8.51. The van der Waals surface area contributed by atoms with Gasteiger partial charge in [0.05, 0.1) is 17.6 Å². The Kier molecular flexibility index (Phi) is 6.59. The maximum absolute atomic E-state index is 14.0. The zero-order valence-electron chi connectivity index (χ0n) is 22.4. The van der Waals surface area contributed by atoms with E-state index in [2.05, 4.69) is 70.4 Å². The Morgan fingerprint density at radius 1 is 0.868 bits per heavy atom. The monoisotopic (exact) mass is 504 g/mol. The number of aryl methyl sites for hydroxylation is 1. The number of nitrogens with zero attached hydrogens (tertiary/aromatic N) is 4. The van der Waals surface area contributed by atoms with Crippen molar-refractivity contribution >= 4 is 45.4 Å². The van der Waals surface area contributed by atoms with Gasteiger partial charge in [-0.2, -0.15) is 5.10 Å². The van der Waals surface area contributed by atoms with Crippen molar-refractivity contribution in [1.82, 2.24) is 15.2 Å². The molecule has 7 nitrogen and oxygen atoms in total. The van der Waals surface area contributed by atoms with E-state index in [9.17, 15) is 4.79 Å². The fourth-order valence-corrected chi connectivity index (χ4v) is 4.60. The molecule has 0 aliphatic carbocycles. The number of carbonyl (C=O) groups excluding carboxylic acids is 1. The molecule has 2 heterocycles. The summed E-state index contributed by atoms with van der Waals surface area (Å²) in [6, 6.07) is 23.8. The van der Waals surface area contributed by atoms with Gasteiger partial charge in [-0.3, -0.25) is 10.1 Å². The highest BCUT2D eigenvalue weighted by Gasteiger charge is 2.24. The first-order chi connectivity index (χ1) is 18.2. The molecule has 192 valence electrons. The molecule has 0 fully saturated rings. The van der Waals surface area contributed by atoms with Crippen molar-refractivity contribution in [1.29, 1.82) is 0 Å². The summed E-state index contributed by atoms with van der Waals surface area (Å²) in [5.74, 6) is 0.593. The van der Waals surface area contributed by atoms with Crippen LogP contribution >= 0.6 is 0 Å². The van der Waals surface area contributed by atoms with Crippen molar-refractivity contribution in [3.63, 3.8) is 0 Å². The Morgan fingerprint density at radius 2 is 1.61 bits per heavy atom. The van der Waals surface area contributed by atoms with Crippen molar-refractivity contribution in [2.45, 2.75) is 33.1 Å². The highest BCUT2D eigenvalue weighted by molar-refractivity contribution is 6.12. The number of anilines is 5. The molecule has 0 saturated carbocycles. The van der Waals surface area contributed by atoms with Crippen molar-refractivity contribution in [2.24, 2.45) is 0 Å². The number of carbonyl (C=O) groups is 1. The highest BCUT2D eigenvalue weighted by Crippen LogP contribution is 2.37. The molecule has 0 bridgehead atoms. The molecule has 0 aliphatic heterocycles. The zero-order valence-corrected chi connectivity index (χ0v) is 22.4. The summed E-state index contributed by atoms with van der Waals surface area (Å²) < 4.78 is 0. The summed E-state index contributed by atoms with van der Waals surface area (Å²) in [5.41, 5.74) is 5.66. The standard InChI is InChI=1S/C31H32N6O/c1-21-10-11-22(31(2,3)4)20-28(21)37(29-16-19-33-35-29)30(38)34-26-12-13-27(25-9-7-6-8-24(25)26)36(5)23-14-17-32-18-15-23/h6-20H,1-5H3,(H,33,35)(H,34,38). The number of nitrogens with one attached hydrogen (secondary N) is 2. The minimum absolute atomic E-state index is 0.0640. The van der Waals surface area contributed by atoms with E-state index in [-0.39, 0.29) is 11.4 Å². The average molecular weight is 505 g/mol. The second-order valence-electron chi connectivity index (χ2n) is 10.4. The minimum Gasteiger partial charge on any atom is -0.344 e. The molecule has 0 spiro atoms. The minimum atomic E-state index is -0.274. The van der Waals surface area contributed by atoms with E-state index < -0.39 is 0 Å². The first-order valence-corrected chi connectivity index (χ1v) is 12.6. The van der Waals surface area contributed by atoms with Gasteiger partial charge >= 0.3 is 6.03 Å². The molecule has 0 radical (unpaired) electrons. The summed E-state index contributed by atoms with van der Waals surface area (Å²) in [5, 5.41) is 12.2. The number of hydrogen-bond acceptors (Lipinski definition) is 4. The lowest BCUT2D eigenvalue weighted by Crippen LogP contribution is -2.32. The largest absolute Gasteiger partial charge is 0.344 e. The smallest absolute Gasteiger partial charge is 0.332 e. The number of pyridine rings is 1. The van der Waals surface area contributed by atoms with E-state index in [1.54, 1.807) is 29.6 Å². The topological polar surface area (TPSA) is 77.2 Å². The van der Waals surface area contributed by atoms with Crippen molar-refractivity contribution in [2.75, 3.05) is 22.2 Å². The van der Waals surface area contributed by atoms with E-state index >= 15 is 0 Å². The average Bonchev–Trinajstić information content (AvgIpc) is 3.44. The molecule has 0 atom stereocenters. The van der Waals surface area contributed by atoms with Crippen LogP contribution in [0.5, 0.6) is 0 Å². The molecule has 0 unspecified atom stereocenters. The predicted octanol–water partition coefficient (Wildman–Crippen LogP) is 7.70. The van der Waals surface area contributed by atoms with E-state index in [0.29, 0.717) is 5.82 Å². The number of hydrogen-bond donors (Lipinski definition) is 2. The van der Waals surface area contributed by atoms with E-state index in [0.717, 1.165) is 44.6 Å². The Hall–Kier alpha value is -4.65. The lowest BCUT2D eigenvalue weighted by atomic mass is 9.86. The fraction of sp³-hybridized carbons (Fsp3) is 0.194. The van der Waals surface area contributed by atoms with E-state index in [4.69, 9.17) is 0 Å². The van der Waals surface area contributed by atoms with Gasteiger partial charge in [-0.1, -0.05) is 57.2 Å². The van der Waals surface area contributed by atoms with Crippen molar-refractivity contribution in [3.05, 3.63) is 103 Å². The lowest BCUT2D eigenvalue weighted by Gasteiger charge is -2.27. The van der Waals surface area contributed by atoms with Crippen LogP contribution in [0.15, 0.2) is 91.4 Å². The van der Waals surface area contributed by atoms with Crippen LogP contribution in [0.1, 0.15) is 31.9 Å². The fourth-order valence-electron chi connectivity index (χ4n) is 4.60. The lowest BCUT2D eigenvalue weighted by molar-refractivity contribution is 0.259. The van der Waals surface area contributed by atoms with Crippen LogP contribution in [-0.2, 0) is 5.41 Å². The van der Waals surface area contributed by atoms with Crippen LogP contribution in [0.2, 0.25) is 0 Å². The van der Waals surface area contributed by atoms with Gasteiger partial charge in [0.1, 0.15) is 5.82 Å². The molecule has 5 aromatic rings. The number of H-pyrrole nitrogens is 1. The number of amides is 2. The van der Waals surface area contributed by atoms with Crippen LogP contribution in [-0.4, -0.2) is 28.3 Å². The molecule has 5 rings (SSSR count). The molecular weight excluding hydrogens is 472 g/mol. The van der Waals surface area contributed by atoms with Crippen molar-refractivity contribution < 1.29 is 4.79 Å². The third-order valence-corrected chi connectivity index (χ3v) is 6.80. The maximum atomic E-state index is 14.0. The molecule has 2 amide bonds. The summed E-state index contributed by atoms with van der Waals surface area (Å²) in [6.07, 6.45) is 5.21. The summed E-state index contributed by atoms with van der Waals surface area (Å²) >= 11 is 0. The third kappa shape index (κ3) is 4.83. The molecular formula is C31H32N6O. The predicted molar refractivity (Wildman–Crippen MR) is 156 cm³/mol. The first-order valence-electron chi connectivity index (χ1n) is 12.6. The van der Waals surface area contributed by atoms with Crippen LogP contribution in [0.4, 0.5) is 33.4 Å². The van der Waals surface area contributed by atoms with Gasteiger partial charge in [0.25, 0.3) is 0 Å². The number of benzene rings is 3. The highest BCUT2D eigenvalue weighted by atomic mass is 16.2. The molecule has 3 aromatic carbocycles. The van der Waals surface area contributed by atoms with Gasteiger partial charge in [0.15, 0.2) is 0 Å². The number of aromatic amines is 1. The van der Waals surface area contributed by atoms with E-state index in [1.807, 2.05) is 56.4 Å². The van der Waals surface area contributed by atoms with E-state index in [1.165, 1.54) is 0 Å². The molecule has 2 N–H and O–H groups in total. The second-order valence-corrected chi connectivity index (χ2v) is 10.4. The second kappa shape index (κ2) is 10.0. The van der Waals surface area contributed by atoms with Gasteiger partial charge in [-0.05, 0) is 53.8 Å². The van der Waals surface area contributed by atoms with Crippen LogP contribution in [0.3, 0.4) is 0 Å². The van der Waals surface area contributed by atoms with Crippen LogP contribution in [0.25, 0.3) is 10.8 Å². The number of rotatable bonds is 5.